The summed E-state index contributed by atoms with van der Waals surface area (Å²) in [4.78, 5) is 37.7. The Bertz CT molecular complexity index is 896. The van der Waals surface area contributed by atoms with Gasteiger partial charge in [-0.15, -0.1) is 0 Å². The highest BCUT2D eigenvalue weighted by molar-refractivity contribution is 5.71. The van der Waals surface area contributed by atoms with Gasteiger partial charge in [0.2, 0.25) is 0 Å². The van der Waals surface area contributed by atoms with E-state index >= 15 is 0 Å². The summed E-state index contributed by atoms with van der Waals surface area (Å²) in [5.74, 6) is -0.885. The maximum Gasteiger partial charge on any atom is 0.306 e. The molecule has 0 aliphatic carbocycles. The van der Waals surface area contributed by atoms with Gasteiger partial charge in [-0.25, -0.2) is 0 Å². The van der Waals surface area contributed by atoms with E-state index < -0.39 is 6.10 Å². The van der Waals surface area contributed by atoms with Crippen molar-refractivity contribution < 1.29 is 28.6 Å². The van der Waals surface area contributed by atoms with Crippen molar-refractivity contribution in [2.45, 2.75) is 258 Å². The van der Waals surface area contributed by atoms with Crippen molar-refractivity contribution in [2.24, 2.45) is 0 Å². The van der Waals surface area contributed by atoms with Crippen LogP contribution in [0.1, 0.15) is 252 Å². The molecule has 0 heterocycles. The smallest absolute Gasteiger partial charge is 0.306 e. The van der Waals surface area contributed by atoms with Crippen molar-refractivity contribution >= 4 is 17.9 Å². The molecule has 0 radical (unpaired) electrons. The van der Waals surface area contributed by atoms with Crippen LogP contribution < -0.4 is 0 Å². The minimum atomic E-state index is -0.768. The Morgan fingerprint density at radius 3 is 1.02 bits per heavy atom. The quantitative estimate of drug-likeness (QED) is 0.0266. The van der Waals surface area contributed by atoms with Gasteiger partial charge in [0.15, 0.2) is 6.10 Å². The first-order valence-corrected chi connectivity index (χ1v) is 23.8. The van der Waals surface area contributed by atoms with Crippen molar-refractivity contribution in [3.63, 3.8) is 0 Å². The van der Waals surface area contributed by atoms with Gasteiger partial charge in [-0.05, 0) is 51.4 Å². The van der Waals surface area contributed by atoms with Crippen molar-refractivity contribution in [2.75, 3.05) is 13.2 Å². The molecule has 1 unspecified atom stereocenters. The summed E-state index contributed by atoms with van der Waals surface area (Å²) in [6, 6.07) is 0. The second kappa shape index (κ2) is 44.6. The van der Waals surface area contributed by atoms with Gasteiger partial charge in [0.25, 0.3) is 0 Å². The highest BCUT2D eigenvalue weighted by atomic mass is 16.6. The van der Waals surface area contributed by atoms with Crippen LogP contribution in [0.25, 0.3) is 0 Å². The van der Waals surface area contributed by atoms with E-state index in [0.717, 1.165) is 77.0 Å². The summed E-state index contributed by atoms with van der Waals surface area (Å²) in [5.41, 5.74) is 0. The van der Waals surface area contributed by atoms with Crippen molar-refractivity contribution in [3.8, 4) is 0 Å². The number of carbonyl (C=O) groups excluding carboxylic acids is 3. The monoisotopic (exact) mass is 775 g/mol. The summed E-state index contributed by atoms with van der Waals surface area (Å²) in [6.45, 7) is 6.58. The third kappa shape index (κ3) is 42.9. The minimum absolute atomic E-state index is 0.0725. The first kappa shape index (κ1) is 52.9. The molecule has 0 aliphatic heterocycles. The van der Waals surface area contributed by atoms with Gasteiger partial charge in [-0.3, -0.25) is 14.4 Å². The van der Waals surface area contributed by atoms with Gasteiger partial charge in [0.1, 0.15) is 13.2 Å². The van der Waals surface area contributed by atoms with Crippen LogP contribution >= 0.6 is 0 Å². The molecule has 0 N–H and O–H groups in total. The molecule has 6 nitrogen and oxygen atoms in total. The Morgan fingerprint density at radius 2 is 0.655 bits per heavy atom. The number of hydrogen-bond acceptors (Lipinski definition) is 6. The molecule has 6 heteroatoms. The molecule has 0 saturated heterocycles. The summed E-state index contributed by atoms with van der Waals surface area (Å²) >= 11 is 0. The third-order valence-corrected chi connectivity index (χ3v) is 10.5. The van der Waals surface area contributed by atoms with Crippen LogP contribution in [0.2, 0.25) is 0 Å². The molecule has 0 fully saturated rings. The molecule has 0 aromatic rings. The summed E-state index contributed by atoms with van der Waals surface area (Å²) in [5, 5.41) is 0. The number of carbonyl (C=O) groups is 3. The van der Waals surface area contributed by atoms with E-state index in [-0.39, 0.29) is 31.1 Å². The van der Waals surface area contributed by atoms with E-state index in [1.807, 2.05) is 0 Å². The molecule has 0 saturated carbocycles. The van der Waals surface area contributed by atoms with Crippen LogP contribution in [-0.4, -0.2) is 37.2 Å². The lowest BCUT2D eigenvalue weighted by Gasteiger charge is -2.18. The molecule has 0 aliphatic rings. The van der Waals surface area contributed by atoms with Crippen LogP contribution in [-0.2, 0) is 28.6 Å². The number of allylic oxidation sites excluding steroid dienone is 4. The Morgan fingerprint density at radius 1 is 0.364 bits per heavy atom. The number of rotatable bonds is 43. The fourth-order valence-corrected chi connectivity index (χ4v) is 6.82. The van der Waals surface area contributed by atoms with Crippen LogP contribution in [0.3, 0.4) is 0 Å². The topological polar surface area (TPSA) is 78.9 Å². The maximum atomic E-state index is 12.7. The number of ether oxygens (including phenoxy) is 3. The normalized spacial score (nSPS) is 12.1. The lowest BCUT2D eigenvalue weighted by Crippen LogP contribution is -2.30. The standard InChI is InChI=1S/C49H90O6/c1-4-7-10-13-16-18-20-22-24-25-27-28-30-33-36-39-42-48(51)54-45-46(44-53-47(50)41-38-35-32-15-12-9-6-3)55-49(52)43-40-37-34-31-29-26-23-21-19-17-14-11-8-5-2/h18,20,24-25,46H,4-17,19,21-23,26-45H2,1-3H3/b20-18-,25-24-. The lowest BCUT2D eigenvalue weighted by atomic mass is 10.0. The average molecular weight is 775 g/mol. The Hall–Kier alpha value is -2.11. The van der Waals surface area contributed by atoms with E-state index in [4.69, 9.17) is 14.2 Å². The first-order valence-electron chi connectivity index (χ1n) is 23.8. The molecule has 0 spiro atoms. The van der Waals surface area contributed by atoms with Crippen LogP contribution in [0.4, 0.5) is 0 Å². The van der Waals surface area contributed by atoms with E-state index in [2.05, 4.69) is 45.1 Å². The van der Waals surface area contributed by atoms with Gasteiger partial charge in [-0.1, -0.05) is 206 Å². The third-order valence-electron chi connectivity index (χ3n) is 10.5. The number of unbranched alkanes of at least 4 members (excludes halogenated alkanes) is 28. The summed E-state index contributed by atoms with van der Waals surface area (Å²) in [7, 11) is 0. The van der Waals surface area contributed by atoms with Gasteiger partial charge in [-0.2, -0.15) is 0 Å². The second-order valence-electron chi connectivity index (χ2n) is 16.0. The molecule has 0 amide bonds. The SMILES string of the molecule is CCCCCC/C=C\C/C=C\CCCCCCCC(=O)OCC(COC(=O)CCCCCCCCC)OC(=O)CCCCCCCCCCCCCCCC. The Kier molecular flexibility index (Phi) is 42.9. The lowest BCUT2D eigenvalue weighted by molar-refractivity contribution is -0.167. The van der Waals surface area contributed by atoms with Crippen LogP contribution in [0.5, 0.6) is 0 Å². The zero-order chi connectivity index (χ0) is 40.1. The van der Waals surface area contributed by atoms with Gasteiger partial charge in [0, 0.05) is 19.3 Å². The van der Waals surface area contributed by atoms with Gasteiger partial charge in [0.05, 0.1) is 0 Å². The first-order chi connectivity index (χ1) is 27.0. The molecule has 0 aromatic carbocycles. The predicted octanol–water partition coefficient (Wildman–Crippen LogP) is 15.2. The van der Waals surface area contributed by atoms with E-state index in [9.17, 15) is 14.4 Å². The van der Waals surface area contributed by atoms with Gasteiger partial charge < -0.3 is 14.2 Å². The molecule has 0 rings (SSSR count). The van der Waals surface area contributed by atoms with Crippen molar-refractivity contribution in [3.05, 3.63) is 24.3 Å². The Labute approximate surface area is 341 Å². The maximum absolute atomic E-state index is 12.7. The fourth-order valence-electron chi connectivity index (χ4n) is 6.82. The fraction of sp³-hybridized carbons (Fsp3) is 0.857. The van der Waals surface area contributed by atoms with Crippen molar-refractivity contribution in [1.29, 1.82) is 0 Å². The van der Waals surface area contributed by atoms with Crippen LogP contribution in [0, 0.1) is 0 Å². The summed E-state index contributed by atoms with van der Waals surface area (Å²) < 4.78 is 16.7. The molecular weight excluding hydrogens is 685 g/mol. The largest absolute Gasteiger partial charge is 0.462 e. The second-order valence-corrected chi connectivity index (χ2v) is 16.0. The highest BCUT2D eigenvalue weighted by Gasteiger charge is 2.19. The predicted molar refractivity (Wildman–Crippen MR) is 233 cm³/mol. The molecule has 0 bridgehead atoms. The number of hydrogen-bond donors (Lipinski definition) is 0. The molecule has 322 valence electrons. The summed E-state index contributed by atoms with van der Waals surface area (Å²) in [6.07, 6.45) is 48.8. The molecule has 0 aromatic heterocycles. The number of esters is 3. The average Bonchev–Trinajstić information content (AvgIpc) is 3.18. The Balaban J connectivity index is 4.29. The minimum Gasteiger partial charge on any atom is -0.462 e. The zero-order valence-corrected chi connectivity index (χ0v) is 36.7. The highest BCUT2D eigenvalue weighted by Crippen LogP contribution is 2.15. The van der Waals surface area contributed by atoms with E-state index in [1.54, 1.807) is 0 Å². The van der Waals surface area contributed by atoms with Gasteiger partial charge >= 0.3 is 17.9 Å². The molecule has 55 heavy (non-hydrogen) atoms. The van der Waals surface area contributed by atoms with Crippen molar-refractivity contribution in [1.82, 2.24) is 0 Å². The van der Waals surface area contributed by atoms with E-state index in [1.165, 1.54) is 135 Å². The van der Waals surface area contributed by atoms with E-state index in [0.29, 0.717) is 19.3 Å². The van der Waals surface area contributed by atoms with Crippen LogP contribution in [0.15, 0.2) is 24.3 Å². The zero-order valence-electron chi connectivity index (χ0n) is 36.7. The molecular formula is C49H90O6. The molecule has 1 atom stereocenters.